The molecular weight excluding hydrogens is 294 g/mol. The van der Waals surface area contributed by atoms with Crippen molar-refractivity contribution < 1.29 is 26.8 Å². The number of rotatable bonds is 8. The van der Waals surface area contributed by atoms with E-state index in [4.69, 9.17) is 4.52 Å². The van der Waals surface area contributed by atoms with Gasteiger partial charge in [-0.15, -0.1) is 0 Å². The highest BCUT2D eigenvalue weighted by molar-refractivity contribution is 4.86. The van der Waals surface area contributed by atoms with E-state index in [1.54, 1.807) is 0 Å². The van der Waals surface area contributed by atoms with Crippen LogP contribution in [-0.4, -0.2) is 41.2 Å². The Morgan fingerprint density at radius 3 is 2.52 bits per heavy atom. The minimum Gasteiger partial charge on any atom is -0.367 e. The van der Waals surface area contributed by atoms with E-state index in [1.807, 2.05) is 20.8 Å². The number of hydrogen-bond acceptors (Lipinski definition) is 5. The zero-order valence-corrected chi connectivity index (χ0v) is 12.1. The molecule has 9 heteroatoms. The zero-order chi connectivity index (χ0) is 16.1. The summed E-state index contributed by atoms with van der Waals surface area (Å²) in [5.74, 6) is -3.81. The molecule has 0 aliphatic rings. The van der Waals surface area contributed by atoms with Crippen LogP contribution in [0, 0.1) is 0 Å². The lowest BCUT2D eigenvalue weighted by Gasteiger charge is -2.19. The first kappa shape index (κ1) is 17.8. The van der Waals surface area contributed by atoms with Gasteiger partial charge >= 0.3 is 12.3 Å². The highest BCUT2D eigenvalue weighted by atomic mass is 19.3. The summed E-state index contributed by atoms with van der Waals surface area (Å²) in [5.41, 5.74) is -0.0488. The van der Waals surface area contributed by atoms with Gasteiger partial charge in [0.25, 0.3) is 0 Å². The summed E-state index contributed by atoms with van der Waals surface area (Å²) in [6.07, 6.45) is -3.29. The molecule has 1 heterocycles. The number of hydrogen-bond donors (Lipinski definition) is 1. The van der Waals surface area contributed by atoms with E-state index >= 15 is 0 Å². The molecule has 0 unspecified atom stereocenters. The van der Waals surface area contributed by atoms with E-state index in [0.29, 0.717) is 18.9 Å². The van der Waals surface area contributed by atoms with Crippen LogP contribution in [0.5, 0.6) is 0 Å². The van der Waals surface area contributed by atoms with Crippen molar-refractivity contribution in [2.75, 3.05) is 13.2 Å². The maximum atomic E-state index is 12.6. The Hall–Kier alpha value is -1.22. The average molecular weight is 313 g/mol. The van der Waals surface area contributed by atoms with Gasteiger partial charge < -0.3 is 14.6 Å². The maximum Gasteiger partial charge on any atom is 0.330 e. The van der Waals surface area contributed by atoms with Gasteiger partial charge in [0, 0.05) is 18.5 Å². The van der Waals surface area contributed by atoms with Crippen LogP contribution in [0.3, 0.4) is 0 Å². The summed E-state index contributed by atoms with van der Waals surface area (Å²) in [6.45, 7) is 4.82. The third kappa shape index (κ3) is 6.85. The summed E-state index contributed by atoms with van der Waals surface area (Å²) >= 11 is 0. The molecule has 0 fully saturated rings. The molecule has 0 amide bonds. The normalized spacial score (nSPS) is 13.1. The van der Waals surface area contributed by atoms with E-state index in [0.717, 1.165) is 0 Å². The van der Waals surface area contributed by atoms with Crippen LogP contribution in [0.15, 0.2) is 4.52 Å². The topological polar surface area (TPSA) is 60.2 Å². The highest BCUT2D eigenvalue weighted by Crippen LogP contribution is 2.23. The number of nitrogens with one attached hydrogen (secondary N) is 1. The molecular formula is C12H19F4N3O2. The molecule has 1 aromatic heterocycles. The van der Waals surface area contributed by atoms with Gasteiger partial charge in [0.1, 0.15) is 13.2 Å². The van der Waals surface area contributed by atoms with Crippen molar-refractivity contribution in [1.29, 1.82) is 0 Å². The monoisotopic (exact) mass is 313 g/mol. The van der Waals surface area contributed by atoms with Crippen LogP contribution in [0.2, 0.25) is 0 Å². The molecule has 0 atom stereocenters. The summed E-state index contributed by atoms with van der Waals surface area (Å²) in [5, 5.41) is 6.74. The van der Waals surface area contributed by atoms with Crippen molar-refractivity contribution in [2.45, 2.75) is 51.7 Å². The quantitative estimate of drug-likeness (QED) is 0.747. The molecule has 0 aliphatic carbocycles. The third-order valence-electron chi connectivity index (χ3n) is 2.35. The summed E-state index contributed by atoms with van der Waals surface area (Å²) in [4.78, 5) is 3.92. The molecule has 0 bridgehead atoms. The Balaban J connectivity index is 2.32. The van der Waals surface area contributed by atoms with Gasteiger partial charge in [-0.2, -0.15) is 13.8 Å². The zero-order valence-electron chi connectivity index (χ0n) is 12.1. The molecule has 0 aromatic carbocycles. The van der Waals surface area contributed by atoms with Crippen molar-refractivity contribution in [3.63, 3.8) is 0 Å². The Kier molecular flexibility index (Phi) is 6.09. The van der Waals surface area contributed by atoms with E-state index in [1.165, 1.54) is 0 Å². The molecule has 5 nitrogen and oxygen atoms in total. The predicted molar refractivity (Wildman–Crippen MR) is 66.4 cm³/mol. The van der Waals surface area contributed by atoms with Crippen molar-refractivity contribution in [3.8, 4) is 0 Å². The van der Waals surface area contributed by atoms with Gasteiger partial charge in [0.15, 0.2) is 5.82 Å². The molecule has 122 valence electrons. The van der Waals surface area contributed by atoms with Crippen LogP contribution in [0.25, 0.3) is 0 Å². The Labute approximate surface area is 120 Å². The minimum absolute atomic E-state index is 0.0471. The molecule has 21 heavy (non-hydrogen) atoms. The Morgan fingerprint density at radius 2 is 1.95 bits per heavy atom. The van der Waals surface area contributed by atoms with E-state index < -0.39 is 25.6 Å². The standard InChI is InChI=1S/C12H19F4N3O2/c1-11(2,3)17-5-4-9-18-8(19-21-9)6-20-7-12(15,16)10(13)14/h10,17H,4-7H2,1-3H3. The Morgan fingerprint density at radius 1 is 1.29 bits per heavy atom. The average Bonchev–Trinajstić information content (AvgIpc) is 2.75. The van der Waals surface area contributed by atoms with E-state index in [9.17, 15) is 17.6 Å². The van der Waals surface area contributed by atoms with Crippen molar-refractivity contribution in [2.24, 2.45) is 0 Å². The molecule has 0 aliphatic heterocycles. The Bertz CT molecular complexity index is 432. The summed E-state index contributed by atoms with van der Waals surface area (Å²) in [7, 11) is 0. The first-order chi connectivity index (χ1) is 9.60. The smallest absolute Gasteiger partial charge is 0.330 e. The van der Waals surface area contributed by atoms with Crippen LogP contribution in [0.1, 0.15) is 32.5 Å². The second-order valence-electron chi connectivity index (χ2n) is 5.59. The van der Waals surface area contributed by atoms with Gasteiger partial charge in [-0.05, 0) is 20.8 Å². The molecule has 0 saturated carbocycles. The first-order valence-electron chi connectivity index (χ1n) is 6.40. The fourth-order valence-corrected chi connectivity index (χ4v) is 1.34. The molecule has 0 radical (unpaired) electrons. The molecule has 1 aromatic rings. The number of alkyl halides is 4. The van der Waals surface area contributed by atoms with Crippen LogP contribution in [-0.2, 0) is 17.8 Å². The highest BCUT2D eigenvalue weighted by Gasteiger charge is 2.41. The number of halogens is 4. The van der Waals surface area contributed by atoms with E-state index in [-0.39, 0.29) is 11.4 Å². The van der Waals surface area contributed by atoms with Gasteiger partial charge in [-0.25, -0.2) is 8.78 Å². The van der Waals surface area contributed by atoms with Crippen LogP contribution in [0.4, 0.5) is 17.6 Å². The second-order valence-corrected chi connectivity index (χ2v) is 5.59. The lowest BCUT2D eigenvalue weighted by Crippen LogP contribution is -2.37. The first-order valence-corrected chi connectivity index (χ1v) is 6.40. The number of aromatic nitrogens is 2. The minimum atomic E-state index is -4.18. The van der Waals surface area contributed by atoms with Crippen LogP contribution >= 0.6 is 0 Å². The molecule has 1 rings (SSSR count). The molecule has 0 saturated heterocycles. The fourth-order valence-electron chi connectivity index (χ4n) is 1.34. The van der Waals surface area contributed by atoms with Crippen molar-refractivity contribution in [3.05, 3.63) is 11.7 Å². The van der Waals surface area contributed by atoms with Gasteiger partial charge in [-0.3, -0.25) is 0 Å². The SMILES string of the molecule is CC(C)(C)NCCc1nc(COCC(F)(F)C(F)F)no1. The molecule has 1 N–H and O–H groups in total. The van der Waals surface area contributed by atoms with Gasteiger partial charge in [0.05, 0.1) is 0 Å². The fraction of sp³-hybridized carbons (Fsp3) is 0.833. The summed E-state index contributed by atoms with van der Waals surface area (Å²) in [6, 6.07) is 0. The van der Waals surface area contributed by atoms with E-state index in [2.05, 4.69) is 20.2 Å². The van der Waals surface area contributed by atoms with Crippen molar-refractivity contribution >= 4 is 0 Å². The third-order valence-corrected chi connectivity index (χ3v) is 2.35. The number of ether oxygens (including phenoxy) is 1. The van der Waals surface area contributed by atoms with Gasteiger partial charge in [0.2, 0.25) is 5.89 Å². The van der Waals surface area contributed by atoms with Crippen molar-refractivity contribution in [1.82, 2.24) is 15.5 Å². The predicted octanol–water partition coefficient (Wildman–Crippen LogP) is 2.42. The van der Waals surface area contributed by atoms with Crippen LogP contribution < -0.4 is 5.32 Å². The molecule has 0 spiro atoms. The van der Waals surface area contributed by atoms with Gasteiger partial charge in [-0.1, -0.05) is 5.16 Å². The largest absolute Gasteiger partial charge is 0.367 e. The summed E-state index contributed by atoms with van der Waals surface area (Å²) < 4.78 is 58.3. The number of nitrogens with zero attached hydrogens (tertiary/aromatic N) is 2. The maximum absolute atomic E-state index is 12.6. The lowest BCUT2D eigenvalue weighted by atomic mass is 10.1. The lowest BCUT2D eigenvalue weighted by molar-refractivity contribution is -0.168. The second kappa shape index (κ2) is 7.17.